The number of anilines is 1. The molecule has 1 aliphatic carbocycles. The van der Waals surface area contributed by atoms with Gasteiger partial charge in [0.2, 0.25) is 0 Å². The zero-order valence-electron chi connectivity index (χ0n) is 19.1. The number of methoxy groups -OCH3 is 1. The fourth-order valence-corrected chi connectivity index (χ4v) is 3.44. The van der Waals surface area contributed by atoms with E-state index >= 15 is 0 Å². The Labute approximate surface area is 188 Å². The summed E-state index contributed by atoms with van der Waals surface area (Å²) in [6, 6.07) is 0. The van der Waals surface area contributed by atoms with E-state index in [1.165, 1.54) is 6.20 Å². The highest BCUT2D eigenvalue weighted by atomic mass is 19.1. The number of hydrogen-bond acceptors (Lipinski definition) is 8. The topological polar surface area (TPSA) is 103 Å². The van der Waals surface area contributed by atoms with Crippen molar-refractivity contribution in [1.82, 2.24) is 15.3 Å². The molecule has 9 nitrogen and oxygen atoms in total. The lowest BCUT2D eigenvalue weighted by Crippen LogP contribution is -2.55. The molecule has 2 heterocycles. The minimum atomic E-state index is -1.22. The summed E-state index contributed by atoms with van der Waals surface area (Å²) in [5.74, 6) is 0.286. The molecule has 1 N–H and O–H groups in total. The molecule has 32 heavy (non-hydrogen) atoms. The van der Waals surface area contributed by atoms with E-state index < -0.39 is 24.1 Å². The van der Waals surface area contributed by atoms with Crippen LogP contribution in [0.15, 0.2) is 6.20 Å². The summed E-state index contributed by atoms with van der Waals surface area (Å²) < 4.78 is 28.8. The van der Waals surface area contributed by atoms with Crippen LogP contribution in [0, 0.1) is 5.92 Å². The van der Waals surface area contributed by atoms with Gasteiger partial charge in [-0.05, 0) is 31.6 Å². The van der Waals surface area contributed by atoms with Crippen LogP contribution in [-0.2, 0) is 14.3 Å². The highest BCUT2D eigenvalue weighted by molar-refractivity contribution is 5.96. The molecular weight excluding hydrogens is 419 g/mol. The van der Waals surface area contributed by atoms with Crippen LogP contribution in [0.2, 0.25) is 0 Å². The third-order valence-corrected chi connectivity index (χ3v) is 6.05. The molecule has 1 saturated heterocycles. The second-order valence-corrected chi connectivity index (χ2v) is 8.32. The van der Waals surface area contributed by atoms with E-state index in [9.17, 15) is 14.0 Å². The number of alkyl halides is 1. The Hall–Kier alpha value is -2.49. The summed E-state index contributed by atoms with van der Waals surface area (Å²) in [5.41, 5.74) is -1.16. The fourth-order valence-electron chi connectivity index (χ4n) is 3.44. The minimum Gasteiger partial charge on any atom is -0.475 e. The molecule has 0 aromatic carbocycles. The third-order valence-electron chi connectivity index (χ3n) is 6.05. The molecule has 2 fully saturated rings. The van der Waals surface area contributed by atoms with Crippen LogP contribution in [0.5, 0.6) is 5.88 Å². The standard InChI is InChI=1S/C22H33FN4O5/c1-4-22(5-2,21(29)31-10-6-9-23)26-19(28)17-11-24-18(27-12-16(13-27)30-3)20(25-17)32-14-15-7-8-15/h11,15-16H,4-10,12-14H2,1-3H3,(H,26,28). The molecule has 1 aromatic rings. The Balaban J connectivity index is 1.75. The van der Waals surface area contributed by atoms with Crippen molar-refractivity contribution in [2.45, 2.75) is 57.6 Å². The Morgan fingerprint density at radius 2 is 2.00 bits per heavy atom. The maximum absolute atomic E-state index is 13.0. The number of rotatable bonds is 13. The number of esters is 1. The number of nitrogens with one attached hydrogen (secondary N) is 1. The van der Waals surface area contributed by atoms with E-state index in [2.05, 4.69) is 15.3 Å². The Bertz CT molecular complexity index is 795. The van der Waals surface area contributed by atoms with Gasteiger partial charge in [0.05, 0.1) is 32.2 Å². The summed E-state index contributed by atoms with van der Waals surface area (Å²) in [4.78, 5) is 36.5. The molecule has 178 valence electrons. The van der Waals surface area contributed by atoms with E-state index in [-0.39, 0.29) is 24.8 Å². The maximum atomic E-state index is 13.0. The first-order valence-corrected chi connectivity index (χ1v) is 11.3. The van der Waals surface area contributed by atoms with Gasteiger partial charge in [-0.25, -0.2) is 14.8 Å². The molecule has 1 aromatic heterocycles. The van der Waals surface area contributed by atoms with E-state index in [1.807, 2.05) is 4.90 Å². The van der Waals surface area contributed by atoms with Crippen LogP contribution >= 0.6 is 0 Å². The van der Waals surface area contributed by atoms with Gasteiger partial charge in [-0.2, -0.15) is 0 Å². The highest BCUT2D eigenvalue weighted by Gasteiger charge is 2.39. The predicted molar refractivity (Wildman–Crippen MR) is 116 cm³/mol. The van der Waals surface area contributed by atoms with Crippen molar-refractivity contribution in [3.63, 3.8) is 0 Å². The Morgan fingerprint density at radius 3 is 2.59 bits per heavy atom. The van der Waals surface area contributed by atoms with Gasteiger partial charge in [-0.15, -0.1) is 0 Å². The van der Waals surface area contributed by atoms with E-state index in [0.29, 0.717) is 50.2 Å². The summed E-state index contributed by atoms with van der Waals surface area (Å²) in [5, 5.41) is 2.77. The van der Waals surface area contributed by atoms with E-state index in [0.717, 1.165) is 12.8 Å². The number of carbonyl (C=O) groups is 2. The summed E-state index contributed by atoms with van der Waals surface area (Å²) in [6.45, 7) is 4.86. The maximum Gasteiger partial charge on any atom is 0.331 e. The molecule has 3 rings (SSSR count). The monoisotopic (exact) mass is 452 g/mol. The Kier molecular flexibility index (Phi) is 8.22. The zero-order valence-corrected chi connectivity index (χ0v) is 19.1. The van der Waals surface area contributed by atoms with Crippen LogP contribution in [0.1, 0.15) is 56.4 Å². The second kappa shape index (κ2) is 10.9. The normalized spacial score (nSPS) is 16.4. The molecule has 1 saturated carbocycles. The molecule has 0 atom stereocenters. The predicted octanol–water partition coefficient (Wildman–Crippen LogP) is 2.29. The SMILES string of the molecule is CCC(CC)(NC(=O)c1cnc(N2CC(OC)C2)c(OCC2CC2)n1)C(=O)OCCCF. The summed E-state index contributed by atoms with van der Waals surface area (Å²) in [7, 11) is 1.67. The van der Waals surface area contributed by atoms with Crippen LogP contribution < -0.4 is 15.0 Å². The molecule has 1 amide bonds. The van der Waals surface area contributed by atoms with Crippen LogP contribution in [-0.4, -0.2) is 73.6 Å². The van der Waals surface area contributed by atoms with E-state index in [4.69, 9.17) is 14.2 Å². The average molecular weight is 453 g/mol. The minimum absolute atomic E-state index is 0.0289. The number of halogens is 1. The fraction of sp³-hybridized carbons (Fsp3) is 0.727. The second-order valence-electron chi connectivity index (χ2n) is 8.32. The zero-order chi connectivity index (χ0) is 23.1. The smallest absolute Gasteiger partial charge is 0.331 e. The first-order chi connectivity index (χ1) is 15.5. The van der Waals surface area contributed by atoms with Crippen LogP contribution in [0.4, 0.5) is 10.2 Å². The van der Waals surface area contributed by atoms with Crippen LogP contribution in [0.3, 0.4) is 0 Å². The van der Waals surface area contributed by atoms with Gasteiger partial charge < -0.3 is 24.4 Å². The van der Waals surface area contributed by atoms with Crippen LogP contribution in [0.25, 0.3) is 0 Å². The molecule has 0 spiro atoms. The quantitative estimate of drug-likeness (QED) is 0.359. The molecular formula is C22H33FN4O5. The number of amides is 1. The lowest BCUT2D eigenvalue weighted by molar-refractivity contribution is -0.152. The first kappa shape index (κ1) is 24.2. The van der Waals surface area contributed by atoms with Gasteiger partial charge in [0, 0.05) is 26.6 Å². The number of nitrogens with zero attached hydrogens (tertiary/aromatic N) is 3. The number of hydrogen-bond donors (Lipinski definition) is 1. The van der Waals surface area contributed by atoms with Gasteiger partial charge in [0.15, 0.2) is 11.5 Å². The van der Waals surface area contributed by atoms with Gasteiger partial charge in [0.25, 0.3) is 11.8 Å². The number of carbonyl (C=O) groups excluding carboxylic acids is 2. The summed E-state index contributed by atoms with van der Waals surface area (Å²) >= 11 is 0. The van der Waals surface area contributed by atoms with Gasteiger partial charge in [0.1, 0.15) is 5.54 Å². The van der Waals surface area contributed by atoms with Crippen molar-refractivity contribution in [3.8, 4) is 5.88 Å². The largest absolute Gasteiger partial charge is 0.475 e. The van der Waals surface area contributed by atoms with Crippen molar-refractivity contribution >= 4 is 17.7 Å². The van der Waals surface area contributed by atoms with Crippen molar-refractivity contribution in [2.75, 3.05) is 45.0 Å². The average Bonchev–Trinajstić information content (AvgIpc) is 3.60. The van der Waals surface area contributed by atoms with E-state index in [1.54, 1.807) is 21.0 Å². The molecule has 0 bridgehead atoms. The third kappa shape index (κ3) is 5.65. The summed E-state index contributed by atoms with van der Waals surface area (Å²) in [6.07, 6.45) is 4.54. The lowest BCUT2D eigenvalue weighted by atomic mass is 9.92. The first-order valence-electron chi connectivity index (χ1n) is 11.3. The van der Waals surface area contributed by atoms with Crippen molar-refractivity contribution in [1.29, 1.82) is 0 Å². The number of aromatic nitrogens is 2. The highest BCUT2D eigenvalue weighted by Crippen LogP contribution is 2.33. The van der Waals surface area contributed by atoms with Crippen molar-refractivity contribution in [2.24, 2.45) is 5.92 Å². The molecule has 0 radical (unpaired) electrons. The lowest BCUT2D eigenvalue weighted by Gasteiger charge is -2.39. The van der Waals surface area contributed by atoms with Gasteiger partial charge >= 0.3 is 5.97 Å². The molecule has 0 unspecified atom stereocenters. The molecule has 1 aliphatic heterocycles. The molecule has 2 aliphatic rings. The molecule has 10 heteroatoms. The van der Waals surface area contributed by atoms with Gasteiger partial charge in [-0.1, -0.05) is 13.8 Å². The van der Waals surface area contributed by atoms with Crippen molar-refractivity contribution in [3.05, 3.63) is 11.9 Å². The Morgan fingerprint density at radius 1 is 1.28 bits per heavy atom. The van der Waals surface area contributed by atoms with Crippen molar-refractivity contribution < 1.29 is 28.2 Å². The van der Waals surface area contributed by atoms with Gasteiger partial charge in [-0.3, -0.25) is 9.18 Å². The number of ether oxygens (including phenoxy) is 3.